The molecule has 0 radical (unpaired) electrons. The van der Waals surface area contributed by atoms with E-state index in [0.29, 0.717) is 0 Å². The van der Waals surface area contributed by atoms with Gasteiger partial charge < -0.3 is 0 Å². The van der Waals surface area contributed by atoms with Crippen LogP contribution in [0.2, 0.25) is 0 Å². The van der Waals surface area contributed by atoms with Crippen LogP contribution in [-0.4, -0.2) is 30.0 Å². The van der Waals surface area contributed by atoms with Crippen molar-refractivity contribution in [2.45, 2.75) is 5.25 Å². The number of hydrogen-bond donors (Lipinski definition) is 1. The fraction of sp³-hybridized carbons (Fsp3) is 0.111. The third kappa shape index (κ3) is 2.36. The number of halogens is 2. The number of carbonyl (C=O) groups is 1. The van der Waals surface area contributed by atoms with Crippen molar-refractivity contribution in [1.82, 2.24) is 0 Å². The summed E-state index contributed by atoms with van der Waals surface area (Å²) in [6, 6.07) is 5.74. The molecule has 0 amide bonds. The molecule has 92 valence electrons. The van der Waals surface area contributed by atoms with Crippen LogP contribution in [0.25, 0.3) is 0 Å². The molecule has 0 aliphatic carbocycles. The monoisotopic (exact) mass is 279 g/mol. The van der Waals surface area contributed by atoms with Gasteiger partial charge in [0.25, 0.3) is 10.1 Å². The van der Waals surface area contributed by atoms with Crippen LogP contribution in [0.1, 0.15) is 10.4 Å². The van der Waals surface area contributed by atoms with Gasteiger partial charge in [-0.3, -0.25) is 9.35 Å². The van der Waals surface area contributed by atoms with Gasteiger partial charge in [-0.15, -0.1) is 12.4 Å². The van der Waals surface area contributed by atoms with Crippen LogP contribution in [0.5, 0.6) is 0 Å². The van der Waals surface area contributed by atoms with Crippen molar-refractivity contribution in [2.75, 3.05) is 0 Å². The van der Waals surface area contributed by atoms with Crippen LogP contribution in [0.15, 0.2) is 29.3 Å². The fourth-order valence-corrected chi connectivity index (χ4v) is 2.16. The quantitative estimate of drug-likeness (QED) is 0.791. The Hall–Kier alpha value is -1.31. The molecule has 1 N–H and O–H groups in total. The predicted octanol–water partition coefficient (Wildman–Crippen LogP) is 1.56. The minimum absolute atomic E-state index is 0. The van der Waals surface area contributed by atoms with Crippen molar-refractivity contribution in [1.29, 1.82) is 0 Å². The van der Waals surface area contributed by atoms with Crippen LogP contribution < -0.4 is 0 Å². The molecule has 1 unspecified atom stereocenters. The summed E-state index contributed by atoms with van der Waals surface area (Å²) in [6.45, 7) is 0. The van der Waals surface area contributed by atoms with Crippen LogP contribution in [0.4, 0.5) is 10.1 Å². The molecule has 1 aliphatic rings. The molecule has 1 aromatic carbocycles. The number of carbonyl (C=O) groups excluding carboxylic acids is 1. The summed E-state index contributed by atoms with van der Waals surface area (Å²) < 4.78 is 43.7. The molecule has 1 heterocycles. The van der Waals surface area contributed by atoms with Gasteiger partial charge in [-0.05, 0) is 12.1 Å². The Bertz CT molecular complexity index is 599. The topological polar surface area (TPSA) is 83.8 Å². The minimum Gasteiger partial charge on any atom is -0.292 e. The van der Waals surface area contributed by atoms with E-state index in [1.807, 2.05) is 0 Å². The lowest BCUT2D eigenvalue weighted by Gasteiger charge is -2.16. The SMILES string of the molecule is Cl.O=C1c2ccccc2N=C(F)C1S(=O)(=O)O. The number of hydrogen-bond acceptors (Lipinski definition) is 4. The van der Waals surface area contributed by atoms with Gasteiger partial charge in [0.15, 0.2) is 5.78 Å². The maximum absolute atomic E-state index is 13.3. The number of Topliss-reactive ketones (excluding diaryl/α,β-unsaturated/α-hetero) is 1. The van der Waals surface area contributed by atoms with Gasteiger partial charge in [0.1, 0.15) is 0 Å². The van der Waals surface area contributed by atoms with Gasteiger partial charge >= 0.3 is 0 Å². The third-order valence-electron chi connectivity index (χ3n) is 2.15. The number of ketones is 1. The summed E-state index contributed by atoms with van der Waals surface area (Å²) in [7, 11) is -4.82. The molecule has 5 nitrogen and oxygen atoms in total. The number of fused-ring (bicyclic) bond motifs is 1. The maximum Gasteiger partial charge on any atom is 0.283 e. The number of rotatable bonds is 1. The van der Waals surface area contributed by atoms with Crippen LogP contribution >= 0.6 is 12.4 Å². The molecule has 0 saturated carbocycles. The highest BCUT2D eigenvalue weighted by molar-refractivity contribution is 7.88. The average molecular weight is 280 g/mol. The molecular weight excluding hydrogens is 273 g/mol. The zero-order chi connectivity index (χ0) is 11.9. The van der Waals surface area contributed by atoms with Gasteiger partial charge in [0.05, 0.1) is 5.69 Å². The molecule has 0 bridgehead atoms. The first-order valence-electron chi connectivity index (χ1n) is 4.25. The first-order valence-corrected chi connectivity index (χ1v) is 5.75. The molecule has 0 saturated heterocycles. The number of benzene rings is 1. The van der Waals surface area contributed by atoms with Gasteiger partial charge in [-0.25, -0.2) is 4.99 Å². The lowest BCUT2D eigenvalue weighted by molar-refractivity contribution is 0.0998. The normalized spacial score (nSPS) is 19.1. The van der Waals surface area contributed by atoms with E-state index in [2.05, 4.69) is 4.99 Å². The van der Waals surface area contributed by atoms with Gasteiger partial charge in [-0.2, -0.15) is 12.8 Å². The smallest absolute Gasteiger partial charge is 0.283 e. The highest BCUT2D eigenvalue weighted by atomic mass is 35.5. The largest absolute Gasteiger partial charge is 0.292 e. The highest BCUT2D eigenvalue weighted by Gasteiger charge is 2.41. The predicted molar refractivity (Wildman–Crippen MR) is 61.6 cm³/mol. The number of aliphatic imine (C=N–C) groups is 1. The van der Waals surface area contributed by atoms with Crippen molar-refractivity contribution in [3.05, 3.63) is 29.8 Å². The van der Waals surface area contributed by atoms with Crippen molar-refractivity contribution in [2.24, 2.45) is 4.99 Å². The van der Waals surface area contributed by atoms with Gasteiger partial charge in [0, 0.05) is 5.56 Å². The molecule has 1 aliphatic heterocycles. The minimum atomic E-state index is -4.82. The second kappa shape index (κ2) is 4.52. The summed E-state index contributed by atoms with van der Waals surface area (Å²) >= 11 is 0. The van der Waals surface area contributed by atoms with Crippen molar-refractivity contribution in [3.8, 4) is 0 Å². The van der Waals surface area contributed by atoms with E-state index < -0.39 is 27.1 Å². The Balaban J connectivity index is 0.00000144. The van der Waals surface area contributed by atoms with Gasteiger partial charge in [0.2, 0.25) is 11.2 Å². The molecule has 8 heteroatoms. The van der Waals surface area contributed by atoms with E-state index in [9.17, 15) is 17.6 Å². The van der Waals surface area contributed by atoms with Crippen molar-refractivity contribution < 1.29 is 22.2 Å². The molecule has 1 aromatic rings. The summed E-state index contributed by atoms with van der Waals surface area (Å²) in [6.07, 6.45) is 0. The molecular formula is C9H7ClFNO4S. The Morgan fingerprint density at radius 1 is 1.29 bits per heavy atom. The first-order chi connectivity index (χ1) is 7.41. The Morgan fingerprint density at radius 3 is 2.47 bits per heavy atom. The second-order valence-electron chi connectivity index (χ2n) is 3.21. The highest BCUT2D eigenvalue weighted by Crippen LogP contribution is 2.28. The second-order valence-corrected chi connectivity index (χ2v) is 4.71. The van der Waals surface area contributed by atoms with Gasteiger partial charge in [-0.1, -0.05) is 12.1 Å². The Morgan fingerprint density at radius 2 is 1.88 bits per heavy atom. The van der Waals surface area contributed by atoms with E-state index in [1.165, 1.54) is 24.3 Å². The molecule has 1 atom stereocenters. The van der Waals surface area contributed by atoms with E-state index in [0.717, 1.165) is 0 Å². The molecule has 0 aromatic heterocycles. The standard InChI is InChI=1S/C9H6FNO4S.ClH/c10-9-8(16(13,14)15)7(12)5-3-1-2-4-6(5)11-9;/h1-4,8H,(H,13,14,15);1H. The van der Waals surface area contributed by atoms with Crippen LogP contribution in [-0.2, 0) is 10.1 Å². The summed E-state index contributed by atoms with van der Waals surface area (Å²) in [5.74, 6) is -2.42. The molecule has 0 fully saturated rings. The van der Waals surface area contributed by atoms with Crippen LogP contribution in [0.3, 0.4) is 0 Å². The molecule has 0 spiro atoms. The zero-order valence-corrected chi connectivity index (χ0v) is 9.83. The Labute approximate surface area is 103 Å². The van der Waals surface area contributed by atoms with Crippen LogP contribution in [0, 0.1) is 0 Å². The summed E-state index contributed by atoms with van der Waals surface area (Å²) in [4.78, 5) is 14.9. The zero-order valence-electron chi connectivity index (χ0n) is 8.20. The fourth-order valence-electron chi connectivity index (χ4n) is 1.46. The Kier molecular flexibility index (Phi) is 3.65. The summed E-state index contributed by atoms with van der Waals surface area (Å²) in [5, 5.41) is -2.23. The van der Waals surface area contributed by atoms with Crippen molar-refractivity contribution >= 4 is 40.0 Å². The van der Waals surface area contributed by atoms with E-state index in [1.54, 1.807) is 0 Å². The van der Waals surface area contributed by atoms with E-state index >= 15 is 0 Å². The molecule has 2 rings (SSSR count). The first kappa shape index (κ1) is 13.8. The lowest BCUT2D eigenvalue weighted by Crippen LogP contribution is -2.37. The number of para-hydroxylation sites is 1. The van der Waals surface area contributed by atoms with E-state index in [4.69, 9.17) is 4.55 Å². The third-order valence-corrected chi connectivity index (χ3v) is 3.15. The van der Waals surface area contributed by atoms with E-state index in [-0.39, 0.29) is 23.7 Å². The maximum atomic E-state index is 13.3. The van der Waals surface area contributed by atoms with Crippen molar-refractivity contribution in [3.63, 3.8) is 0 Å². The average Bonchev–Trinajstić information content (AvgIpc) is 2.15. The molecule has 17 heavy (non-hydrogen) atoms. The lowest BCUT2D eigenvalue weighted by atomic mass is 10.0. The number of nitrogens with zero attached hydrogens (tertiary/aromatic N) is 1. The summed E-state index contributed by atoms with van der Waals surface area (Å²) in [5.41, 5.74) is 0.0384.